The summed E-state index contributed by atoms with van der Waals surface area (Å²) >= 11 is 0. The average molecular weight is 222 g/mol. The van der Waals surface area contributed by atoms with Crippen LogP contribution in [0.15, 0.2) is 6.33 Å². The topological polar surface area (TPSA) is 53.6 Å². The molecule has 2 unspecified atom stereocenters. The molecule has 16 heavy (non-hydrogen) atoms. The lowest BCUT2D eigenvalue weighted by atomic mass is 9.70. The molecular weight excluding hydrogens is 200 g/mol. The molecule has 0 aromatic carbocycles. The Morgan fingerprint density at radius 2 is 2.31 bits per heavy atom. The van der Waals surface area contributed by atoms with Crippen LogP contribution in [0, 0.1) is 11.3 Å². The van der Waals surface area contributed by atoms with Gasteiger partial charge in [0.15, 0.2) is 0 Å². The molecule has 4 heteroatoms. The number of rotatable bonds is 3. The Morgan fingerprint density at radius 1 is 1.50 bits per heavy atom. The molecule has 90 valence electrons. The zero-order valence-electron chi connectivity index (χ0n) is 10.5. The maximum Gasteiger partial charge on any atom is 0.138 e. The summed E-state index contributed by atoms with van der Waals surface area (Å²) in [5.41, 5.74) is 0.469. The standard InChI is InChI=1S/C12H22N4/c1-9-4-10(6-12(2,3)5-9)13-7-11-14-8-15-16-11/h8-10,13H,4-7H2,1-3H3,(H,14,15,16). The summed E-state index contributed by atoms with van der Waals surface area (Å²) < 4.78 is 0. The highest BCUT2D eigenvalue weighted by Crippen LogP contribution is 2.38. The third kappa shape index (κ3) is 3.04. The molecule has 0 spiro atoms. The molecule has 2 rings (SSSR count). The summed E-state index contributed by atoms with van der Waals surface area (Å²) in [6.07, 6.45) is 5.43. The van der Waals surface area contributed by atoms with Gasteiger partial charge in [0.1, 0.15) is 12.2 Å². The van der Waals surface area contributed by atoms with Gasteiger partial charge in [-0.3, -0.25) is 5.10 Å². The predicted octanol–water partition coefficient (Wildman–Crippen LogP) is 2.11. The van der Waals surface area contributed by atoms with Crippen molar-refractivity contribution >= 4 is 0 Å². The maximum atomic E-state index is 4.13. The van der Waals surface area contributed by atoms with E-state index >= 15 is 0 Å². The largest absolute Gasteiger partial charge is 0.307 e. The van der Waals surface area contributed by atoms with Crippen LogP contribution in [-0.2, 0) is 6.54 Å². The van der Waals surface area contributed by atoms with Gasteiger partial charge in [-0.15, -0.1) is 0 Å². The van der Waals surface area contributed by atoms with E-state index in [1.165, 1.54) is 19.3 Å². The lowest BCUT2D eigenvalue weighted by Gasteiger charge is -2.39. The number of aromatic nitrogens is 3. The molecule has 1 fully saturated rings. The summed E-state index contributed by atoms with van der Waals surface area (Å²) in [5, 5.41) is 10.3. The van der Waals surface area contributed by atoms with E-state index in [9.17, 15) is 0 Å². The number of nitrogens with one attached hydrogen (secondary N) is 2. The Kier molecular flexibility index (Phi) is 3.28. The van der Waals surface area contributed by atoms with Gasteiger partial charge in [0.2, 0.25) is 0 Å². The van der Waals surface area contributed by atoms with Crippen molar-refractivity contribution in [2.24, 2.45) is 11.3 Å². The Bertz CT molecular complexity index is 318. The monoisotopic (exact) mass is 222 g/mol. The maximum absolute atomic E-state index is 4.13. The normalized spacial score (nSPS) is 29.2. The van der Waals surface area contributed by atoms with E-state index in [-0.39, 0.29) is 0 Å². The van der Waals surface area contributed by atoms with Crippen molar-refractivity contribution in [3.63, 3.8) is 0 Å². The molecule has 1 aromatic rings. The molecule has 1 aliphatic rings. The summed E-state index contributed by atoms with van der Waals surface area (Å²) in [7, 11) is 0. The number of hydrogen-bond donors (Lipinski definition) is 2. The van der Waals surface area contributed by atoms with Crippen LogP contribution in [0.25, 0.3) is 0 Å². The zero-order chi connectivity index (χ0) is 11.6. The number of H-pyrrole nitrogens is 1. The molecule has 0 radical (unpaired) electrons. The number of aromatic amines is 1. The Hall–Kier alpha value is -0.900. The van der Waals surface area contributed by atoms with Crippen molar-refractivity contribution in [1.82, 2.24) is 20.5 Å². The fraction of sp³-hybridized carbons (Fsp3) is 0.833. The van der Waals surface area contributed by atoms with Crippen LogP contribution < -0.4 is 5.32 Å². The van der Waals surface area contributed by atoms with Gasteiger partial charge in [-0.1, -0.05) is 20.8 Å². The summed E-state index contributed by atoms with van der Waals surface area (Å²) in [6.45, 7) is 7.88. The SMILES string of the molecule is CC1CC(NCc2ncn[nH]2)CC(C)(C)C1. The number of hydrogen-bond acceptors (Lipinski definition) is 3. The summed E-state index contributed by atoms with van der Waals surface area (Å²) in [6, 6.07) is 0.615. The second-order valence-corrected chi connectivity index (χ2v) is 5.92. The van der Waals surface area contributed by atoms with Gasteiger partial charge in [-0.2, -0.15) is 5.10 Å². The first-order chi connectivity index (χ1) is 7.55. The third-order valence-corrected chi connectivity index (χ3v) is 3.41. The molecule has 0 amide bonds. The Balaban J connectivity index is 1.85. The molecule has 2 atom stereocenters. The second-order valence-electron chi connectivity index (χ2n) is 5.92. The van der Waals surface area contributed by atoms with E-state index in [0.29, 0.717) is 11.5 Å². The molecule has 0 aliphatic heterocycles. The minimum atomic E-state index is 0.469. The second kappa shape index (κ2) is 4.53. The van der Waals surface area contributed by atoms with Gasteiger partial charge in [-0.25, -0.2) is 4.98 Å². The van der Waals surface area contributed by atoms with Crippen LogP contribution in [0.1, 0.15) is 45.9 Å². The van der Waals surface area contributed by atoms with Crippen molar-refractivity contribution in [2.75, 3.05) is 0 Å². The van der Waals surface area contributed by atoms with Gasteiger partial charge < -0.3 is 5.32 Å². The van der Waals surface area contributed by atoms with Crippen molar-refractivity contribution < 1.29 is 0 Å². The molecule has 2 N–H and O–H groups in total. The molecule has 0 saturated heterocycles. The number of nitrogens with zero attached hydrogens (tertiary/aromatic N) is 2. The van der Waals surface area contributed by atoms with Gasteiger partial charge in [0.25, 0.3) is 0 Å². The van der Waals surface area contributed by atoms with Crippen LogP contribution in [0.2, 0.25) is 0 Å². The molecule has 1 saturated carbocycles. The van der Waals surface area contributed by atoms with Gasteiger partial charge >= 0.3 is 0 Å². The van der Waals surface area contributed by atoms with Gasteiger partial charge in [0, 0.05) is 6.04 Å². The first kappa shape index (κ1) is 11.6. The van der Waals surface area contributed by atoms with Crippen LogP contribution in [0.3, 0.4) is 0 Å². The van der Waals surface area contributed by atoms with Crippen LogP contribution in [0.4, 0.5) is 0 Å². The minimum Gasteiger partial charge on any atom is -0.307 e. The van der Waals surface area contributed by atoms with E-state index in [4.69, 9.17) is 0 Å². The van der Waals surface area contributed by atoms with E-state index in [1.54, 1.807) is 6.33 Å². The first-order valence-corrected chi connectivity index (χ1v) is 6.13. The molecule has 0 bridgehead atoms. The van der Waals surface area contributed by atoms with Crippen LogP contribution >= 0.6 is 0 Å². The highest BCUT2D eigenvalue weighted by atomic mass is 15.2. The van der Waals surface area contributed by atoms with Crippen molar-refractivity contribution in [3.05, 3.63) is 12.2 Å². The predicted molar refractivity (Wildman–Crippen MR) is 63.8 cm³/mol. The van der Waals surface area contributed by atoms with Crippen molar-refractivity contribution in [3.8, 4) is 0 Å². The van der Waals surface area contributed by atoms with E-state index in [2.05, 4.69) is 41.3 Å². The highest BCUT2D eigenvalue weighted by molar-refractivity contribution is 4.88. The van der Waals surface area contributed by atoms with Gasteiger partial charge in [0.05, 0.1) is 6.54 Å². The van der Waals surface area contributed by atoms with E-state index < -0.39 is 0 Å². The highest BCUT2D eigenvalue weighted by Gasteiger charge is 2.31. The Labute approximate surface area is 97.2 Å². The fourth-order valence-corrected chi connectivity index (χ4v) is 3.06. The van der Waals surface area contributed by atoms with Crippen LogP contribution in [-0.4, -0.2) is 21.2 Å². The third-order valence-electron chi connectivity index (χ3n) is 3.41. The Morgan fingerprint density at radius 3 is 2.94 bits per heavy atom. The summed E-state index contributed by atoms with van der Waals surface area (Å²) in [5.74, 6) is 1.74. The molecule has 1 aliphatic carbocycles. The van der Waals surface area contributed by atoms with Gasteiger partial charge in [-0.05, 0) is 30.6 Å². The molecule has 1 heterocycles. The molecule has 4 nitrogen and oxygen atoms in total. The van der Waals surface area contributed by atoms with Crippen LogP contribution in [0.5, 0.6) is 0 Å². The minimum absolute atomic E-state index is 0.469. The average Bonchev–Trinajstić information content (AvgIpc) is 2.63. The lowest BCUT2D eigenvalue weighted by molar-refractivity contribution is 0.150. The fourth-order valence-electron chi connectivity index (χ4n) is 3.06. The van der Waals surface area contributed by atoms with Crippen molar-refractivity contribution in [1.29, 1.82) is 0 Å². The zero-order valence-corrected chi connectivity index (χ0v) is 10.5. The molecular formula is C12H22N4. The lowest BCUT2D eigenvalue weighted by Crippen LogP contribution is -2.39. The molecule has 1 aromatic heterocycles. The van der Waals surface area contributed by atoms with Crippen molar-refractivity contribution in [2.45, 2.75) is 52.6 Å². The quantitative estimate of drug-likeness (QED) is 0.823. The smallest absolute Gasteiger partial charge is 0.138 e. The first-order valence-electron chi connectivity index (χ1n) is 6.13. The summed E-state index contributed by atoms with van der Waals surface area (Å²) in [4.78, 5) is 4.13. The van der Waals surface area contributed by atoms with E-state index in [1.807, 2.05) is 0 Å². The van der Waals surface area contributed by atoms with E-state index in [0.717, 1.165) is 18.3 Å².